The standard InChI is InChI=1S/C17H22FN3O2/c1-11(2)23-8-7-19-17(22)15-10-16(21(4)20-15)13-5-6-14(18)12(3)9-13/h5-6,9-11H,7-8H2,1-4H3,(H,19,22). The maximum absolute atomic E-state index is 13.4. The van der Waals surface area contributed by atoms with E-state index in [0.29, 0.717) is 24.4 Å². The summed E-state index contributed by atoms with van der Waals surface area (Å²) in [5, 5.41) is 6.99. The van der Waals surface area contributed by atoms with Gasteiger partial charge in [0.15, 0.2) is 5.69 Å². The molecular formula is C17H22FN3O2. The van der Waals surface area contributed by atoms with Crippen LogP contribution < -0.4 is 5.32 Å². The molecule has 0 atom stereocenters. The fourth-order valence-corrected chi connectivity index (χ4v) is 2.20. The minimum absolute atomic E-state index is 0.134. The number of aromatic nitrogens is 2. The smallest absolute Gasteiger partial charge is 0.271 e. The maximum atomic E-state index is 13.4. The van der Waals surface area contributed by atoms with E-state index in [4.69, 9.17) is 4.74 Å². The van der Waals surface area contributed by atoms with Crippen molar-refractivity contribution >= 4 is 5.91 Å². The van der Waals surface area contributed by atoms with Gasteiger partial charge in [-0.25, -0.2) is 4.39 Å². The molecule has 0 bridgehead atoms. The average molecular weight is 319 g/mol. The van der Waals surface area contributed by atoms with Crippen LogP contribution in [0.4, 0.5) is 4.39 Å². The van der Waals surface area contributed by atoms with E-state index in [-0.39, 0.29) is 17.8 Å². The predicted octanol–water partition coefficient (Wildman–Crippen LogP) is 2.69. The van der Waals surface area contributed by atoms with Crippen LogP contribution in [0.2, 0.25) is 0 Å². The van der Waals surface area contributed by atoms with Crippen LogP contribution in [0.1, 0.15) is 29.9 Å². The van der Waals surface area contributed by atoms with Crippen LogP contribution in [-0.4, -0.2) is 34.9 Å². The molecule has 0 saturated heterocycles. The maximum Gasteiger partial charge on any atom is 0.271 e. The van der Waals surface area contributed by atoms with E-state index in [1.165, 1.54) is 6.07 Å². The lowest BCUT2D eigenvalue weighted by atomic mass is 10.1. The Labute approximate surface area is 135 Å². The first-order chi connectivity index (χ1) is 10.9. The molecule has 0 radical (unpaired) electrons. The van der Waals surface area contributed by atoms with Gasteiger partial charge in [-0.3, -0.25) is 9.48 Å². The number of amides is 1. The summed E-state index contributed by atoms with van der Waals surface area (Å²) in [6.07, 6.45) is 0.134. The molecule has 0 saturated carbocycles. The van der Waals surface area contributed by atoms with Crippen molar-refractivity contribution in [1.82, 2.24) is 15.1 Å². The number of hydrogen-bond acceptors (Lipinski definition) is 3. The molecule has 0 spiro atoms. The van der Waals surface area contributed by atoms with Crippen LogP contribution in [0, 0.1) is 12.7 Å². The molecule has 1 heterocycles. The zero-order valence-corrected chi connectivity index (χ0v) is 13.9. The largest absolute Gasteiger partial charge is 0.377 e. The molecule has 2 aromatic rings. The molecule has 0 aliphatic carbocycles. The lowest BCUT2D eigenvalue weighted by Crippen LogP contribution is -2.28. The van der Waals surface area contributed by atoms with Crippen molar-refractivity contribution in [2.75, 3.05) is 13.2 Å². The van der Waals surface area contributed by atoms with Crippen molar-refractivity contribution in [2.45, 2.75) is 26.9 Å². The monoisotopic (exact) mass is 319 g/mol. The van der Waals surface area contributed by atoms with Crippen molar-refractivity contribution in [3.05, 3.63) is 41.3 Å². The summed E-state index contributed by atoms with van der Waals surface area (Å²) in [5.74, 6) is -0.503. The van der Waals surface area contributed by atoms with Gasteiger partial charge in [0.05, 0.1) is 18.4 Å². The van der Waals surface area contributed by atoms with Gasteiger partial charge in [-0.15, -0.1) is 0 Å². The van der Waals surface area contributed by atoms with E-state index in [0.717, 1.165) is 11.3 Å². The summed E-state index contributed by atoms with van der Waals surface area (Å²) >= 11 is 0. The zero-order chi connectivity index (χ0) is 17.0. The van der Waals surface area contributed by atoms with Crippen molar-refractivity contribution in [3.8, 4) is 11.3 Å². The summed E-state index contributed by atoms with van der Waals surface area (Å²) in [7, 11) is 1.76. The molecule has 23 heavy (non-hydrogen) atoms. The van der Waals surface area contributed by atoms with Gasteiger partial charge < -0.3 is 10.1 Å². The molecule has 0 fully saturated rings. The molecule has 1 amide bonds. The van der Waals surface area contributed by atoms with Crippen LogP contribution in [0.25, 0.3) is 11.3 Å². The Morgan fingerprint density at radius 2 is 2.13 bits per heavy atom. The number of aryl methyl sites for hydroxylation is 2. The quantitative estimate of drug-likeness (QED) is 0.833. The normalized spacial score (nSPS) is 11.0. The molecule has 1 aromatic carbocycles. The number of halogens is 1. The van der Waals surface area contributed by atoms with E-state index < -0.39 is 0 Å². The summed E-state index contributed by atoms with van der Waals surface area (Å²) in [6, 6.07) is 6.54. The topological polar surface area (TPSA) is 56.1 Å². The average Bonchev–Trinajstić information content (AvgIpc) is 2.88. The van der Waals surface area contributed by atoms with Crippen molar-refractivity contribution in [2.24, 2.45) is 7.05 Å². The number of nitrogens with zero attached hydrogens (tertiary/aromatic N) is 2. The number of carbonyl (C=O) groups is 1. The number of benzene rings is 1. The van der Waals surface area contributed by atoms with Gasteiger partial charge in [0, 0.05) is 19.2 Å². The summed E-state index contributed by atoms with van der Waals surface area (Å²) in [6.45, 7) is 6.48. The van der Waals surface area contributed by atoms with Gasteiger partial charge in [-0.1, -0.05) is 0 Å². The highest BCUT2D eigenvalue weighted by Gasteiger charge is 2.14. The van der Waals surface area contributed by atoms with Crippen molar-refractivity contribution in [1.29, 1.82) is 0 Å². The molecular weight excluding hydrogens is 297 g/mol. The Morgan fingerprint density at radius 3 is 2.78 bits per heavy atom. The lowest BCUT2D eigenvalue weighted by Gasteiger charge is -2.07. The highest BCUT2D eigenvalue weighted by Crippen LogP contribution is 2.22. The summed E-state index contributed by atoms with van der Waals surface area (Å²) < 4.78 is 20.4. The molecule has 0 aliphatic rings. The minimum Gasteiger partial charge on any atom is -0.377 e. The second-order valence-electron chi connectivity index (χ2n) is 5.68. The minimum atomic E-state index is -0.252. The first kappa shape index (κ1) is 17.1. The lowest BCUT2D eigenvalue weighted by molar-refractivity contribution is 0.0744. The first-order valence-electron chi connectivity index (χ1n) is 7.59. The Balaban J connectivity index is 2.08. The Hall–Kier alpha value is -2.21. The number of carbonyl (C=O) groups excluding carboxylic acids is 1. The fraction of sp³-hybridized carbons (Fsp3) is 0.412. The fourth-order valence-electron chi connectivity index (χ4n) is 2.20. The molecule has 0 unspecified atom stereocenters. The third-order valence-electron chi connectivity index (χ3n) is 3.40. The van der Waals surface area contributed by atoms with Crippen LogP contribution >= 0.6 is 0 Å². The third-order valence-corrected chi connectivity index (χ3v) is 3.40. The Bertz CT molecular complexity index is 695. The highest BCUT2D eigenvalue weighted by atomic mass is 19.1. The highest BCUT2D eigenvalue weighted by molar-refractivity contribution is 5.93. The van der Waals surface area contributed by atoms with E-state index in [2.05, 4.69) is 10.4 Å². The van der Waals surface area contributed by atoms with Crippen LogP contribution in [0.5, 0.6) is 0 Å². The van der Waals surface area contributed by atoms with Gasteiger partial charge in [-0.2, -0.15) is 5.10 Å². The Morgan fingerprint density at radius 1 is 1.39 bits per heavy atom. The molecule has 1 N–H and O–H groups in total. The van der Waals surface area contributed by atoms with E-state index in [9.17, 15) is 9.18 Å². The number of nitrogens with one attached hydrogen (secondary N) is 1. The second kappa shape index (κ2) is 7.37. The van der Waals surface area contributed by atoms with Crippen LogP contribution in [0.3, 0.4) is 0 Å². The number of rotatable bonds is 6. The molecule has 124 valence electrons. The van der Waals surface area contributed by atoms with Crippen LogP contribution in [-0.2, 0) is 11.8 Å². The summed E-state index contributed by atoms with van der Waals surface area (Å²) in [5.41, 5.74) is 2.47. The van der Waals surface area contributed by atoms with E-state index >= 15 is 0 Å². The SMILES string of the molecule is Cc1cc(-c2cc(C(=O)NCCOC(C)C)nn2C)ccc1F. The van der Waals surface area contributed by atoms with Gasteiger partial charge in [0.1, 0.15) is 5.82 Å². The van der Waals surface area contributed by atoms with Crippen molar-refractivity contribution in [3.63, 3.8) is 0 Å². The van der Waals surface area contributed by atoms with Gasteiger partial charge in [0.25, 0.3) is 5.91 Å². The zero-order valence-electron chi connectivity index (χ0n) is 13.9. The second-order valence-corrected chi connectivity index (χ2v) is 5.68. The van der Waals surface area contributed by atoms with Crippen LogP contribution in [0.15, 0.2) is 24.3 Å². The van der Waals surface area contributed by atoms with Gasteiger partial charge >= 0.3 is 0 Å². The Kier molecular flexibility index (Phi) is 5.50. The third kappa shape index (κ3) is 4.39. The molecule has 6 heteroatoms. The number of ether oxygens (including phenoxy) is 1. The van der Waals surface area contributed by atoms with Gasteiger partial charge in [-0.05, 0) is 50.6 Å². The molecule has 0 aliphatic heterocycles. The molecule has 1 aromatic heterocycles. The predicted molar refractivity (Wildman–Crippen MR) is 86.8 cm³/mol. The summed E-state index contributed by atoms with van der Waals surface area (Å²) in [4.78, 5) is 12.1. The molecule has 5 nitrogen and oxygen atoms in total. The first-order valence-corrected chi connectivity index (χ1v) is 7.59. The van der Waals surface area contributed by atoms with E-state index in [1.54, 1.807) is 36.9 Å². The number of hydrogen-bond donors (Lipinski definition) is 1. The molecule has 2 rings (SSSR count). The van der Waals surface area contributed by atoms with E-state index in [1.807, 2.05) is 13.8 Å². The van der Waals surface area contributed by atoms with Crippen molar-refractivity contribution < 1.29 is 13.9 Å². The van der Waals surface area contributed by atoms with Gasteiger partial charge in [0.2, 0.25) is 0 Å².